The zero-order valence-corrected chi connectivity index (χ0v) is 13.2. The number of anilines is 1. The highest BCUT2D eigenvalue weighted by Crippen LogP contribution is 2.20. The minimum absolute atomic E-state index is 0.0525. The molecule has 1 unspecified atom stereocenters. The van der Waals surface area contributed by atoms with Crippen molar-refractivity contribution in [3.05, 3.63) is 18.3 Å². The largest absolute Gasteiger partial charge is 0.384 e. The molecule has 0 bridgehead atoms. The Morgan fingerprint density at radius 2 is 2.05 bits per heavy atom. The molecule has 0 spiro atoms. The Kier molecular flexibility index (Phi) is 4.51. The van der Waals surface area contributed by atoms with Gasteiger partial charge in [-0.15, -0.1) is 0 Å². The zero-order chi connectivity index (χ0) is 15.7. The summed E-state index contributed by atoms with van der Waals surface area (Å²) < 4.78 is 51.2. The maximum absolute atomic E-state index is 12.5. The number of nitrogens with zero attached hydrogens (tertiary/aromatic N) is 2. The number of piperidine rings is 1. The minimum Gasteiger partial charge on any atom is -0.384 e. The molecule has 0 aliphatic carbocycles. The average Bonchev–Trinajstić information content (AvgIpc) is 2.37. The summed E-state index contributed by atoms with van der Waals surface area (Å²) in [4.78, 5) is 3.83. The Hall–Kier alpha value is -1.23. The maximum atomic E-state index is 12.5. The summed E-state index contributed by atoms with van der Waals surface area (Å²) in [6.07, 6.45) is 3.47. The van der Waals surface area contributed by atoms with Crippen LogP contribution < -0.4 is 10.5 Å². The lowest BCUT2D eigenvalue weighted by atomic mass is 10.1. The van der Waals surface area contributed by atoms with Crippen LogP contribution in [0.5, 0.6) is 0 Å². The SMILES string of the molecule is CS(=O)(=O)NC1CCCN(S(=O)(=O)c2ccc(N)nc2)C1. The molecule has 2 heterocycles. The molecule has 1 saturated heterocycles. The summed E-state index contributed by atoms with van der Waals surface area (Å²) in [5.41, 5.74) is 5.44. The van der Waals surface area contributed by atoms with E-state index in [9.17, 15) is 16.8 Å². The molecule has 21 heavy (non-hydrogen) atoms. The topological polar surface area (TPSA) is 122 Å². The van der Waals surface area contributed by atoms with Gasteiger partial charge in [-0.2, -0.15) is 4.31 Å². The fourth-order valence-electron chi connectivity index (χ4n) is 2.25. The molecule has 0 saturated carbocycles. The quantitative estimate of drug-likeness (QED) is 0.755. The van der Waals surface area contributed by atoms with Crippen LogP contribution in [0.3, 0.4) is 0 Å². The Labute approximate surface area is 124 Å². The summed E-state index contributed by atoms with van der Waals surface area (Å²) >= 11 is 0. The summed E-state index contributed by atoms with van der Waals surface area (Å²) in [5.74, 6) is 0.240. The van der Waals surface area contributed by atoms with Gasteiger partial charge in [-0.3, -0.25) is 0 Å². The van der Waals surface area contributed by atoms with E-state index < -0.39 is 26.1 Å². The van der Waals surface area contributed by atoms with E-state index in [4.69, 9.17) is 5.73 Å². The molecule has 118 valence electrons. The fraction of sp³-hybridized carbons (Fsp3) is 0.545. The van der Waals surface area contributed by atoms with Crippen LogP contribution in [-0.4, -0.2) is 51.5 Å². The third-order valence-corrected chi connectivity index (χ3v) is 5.77. The number of nitrogen functional groups attached to an aromatic ring is 1. The molecule has 3 N–H and O–H groups in total. The lowest BCUT2D eigenvalue weighted by molar-refractivity contribution is 0.303. The molecule has 0 amide bonds. The molecule has 0 radical (unpaired) electrons. The lowest BCUT2D eigenvalue weighted by Gasteiger charge is -2.31. The number of hydrogen-bond donors (Lipinski definition) is 2. The van der Waals surface area contributed by atoms with Crippen LogP contribution >= 0.6 is 0 Å². The Bertz CT molecular complexity index is 700. The van der Waals surface area contributed by atoms with Crippen LogP contribution in [0.25, 0.3) is 0 Å². The van der Waals surface area contributed by atoms with Crippen molar-refractivity contribution in [2.75, 3.05) is 25.1 Å². The highest BCUT2D eigenvalue weighted by Gasteiger charge is 2.31. The van der Waals surface area contributed by atoms with E-state index in [1.165, 1.54) is 22.6 Å². The standard InChI is InChI=1S/C11H18N4O4S2/c1-20(16,17)14-9-3-2-6-15(8-9)21(18,19)10-4-5-11(12)13-7-10/h4-5,7,9,14H,2-3,6,8H2,1H3,(H2,12,13). The Morgan fingerprint density at radius 1 is 1.33 bits per heavy atom. The van der Waals surface area contributed by atoms with Crippen LogP contribution in [0.15, 0.2) is 23.2 Å². The van der Waals surface area contributed by atoms with Gasteiger partial charge in [0.15, 0.2) is 0 Å². The van der Waals surface area contributed by atoms with E-state index >= 15 is 0 Å². The molecule has 1 aliphatic rings. The van der Waals surface area contributed by atoms with Crippen molar-refractivity contribution < 1.29 is 16.8 Å². The van der Waals surface area contributed by atoms with Gasteiger partial charge in [-0.25, -0.2) is 26.5 Å². The minimum atomic E-state index is -3.69. The van der Waals surface area contributed by atoms with Crippen molar-refractivity contribution in [3.8, 4) is 0 Å². The maximum Gasteiger partial charge on any atom is 0.244 e. The van der Waals surface area contributed by atoms with E-state index in [0.29, 0.717) is 19.4 Å². The number of pyridine rings is 1. The molecule has 0 aromatic carbocycles. The van der Waals surface area contributed by atoms with E-state index in [1.807, 2.05) is 0 Å². The second kappa shape index (κ2) is 5.87. The van der Waals surface area contributed by atoms with Crippen molar-refractivity contribution in [1.82, 2.24) is 14.0 Å². The van der Waals surface area contributed by atoms with Crippen LogP contribution in [0.2, 0.25) is 0 Å². The molecule has 1 aromatic heterocycles. The third kappa shape index (κ3) is 4.13. The fourth-order valence-corrected chi connectivity index (χ4v) is 4.52. The van der Waals surface area contributed by atoms with Gasteiger partial charge in [0.25, 0.3) is 0 Å². The number of hydrogen-bond acceptors (Lipinski definition) is 6. The first-order valence-corrected chi connectivity index (χ1v) is 9.70. The summed E-state index contributed by atoms with van der Waals surface area (Å²) in [6.45, 7) is 0.467. The smallest absolute Gasteiger partial charge is 0.244 e. The number of sulfonamides is 2. The molecule has 1 fully saturated rings. The van der Waals surface area contributed by atoms with E-state index in [0.717, 1.165) is 6.26 Å². The third-order valence-electron chi connectivity index (χ3n) is 3.16. The van der Waals surface area contributed by atoms with Gasteiger partial charge >= 0.3 is 0 Å². The monoisotopic (exact) mass is 334 g/mol. The molecule has 1 aliphatic heterocycles. The van der Waals surface area contributed by atoms with Crippen molar-refractivity contribution in [1.29, 1.82) is 0 Å². The van der Waals surface area contributed by atoms with Crippen LogP contribution in [-0.2, 0) is 20.0 Å². The van der Waals surface area contributed by atoms with E-state index in [2.05, 4.69) is 9.71 Å². The van der Waals surface area contributed by atoms with Gasteiger partial charge in [-0.1, -0.05) is 0 Å². The predicted octanol–water partition coefficient (Wildman–Crippen LogP) is -0.634. The summed E-state index contributed by atoms with van der Waals surface area (Å²) in [5, 5.41) is 0. The second-order valence-corrected chi connectivity index (χ2v) is 8.73. The van der Waals surface area contributed by atoms with Crippen molar-refractivity contribution in [3.63, 3.8) is 0 Å². The summed E-state index contributed by atoms with van der Waals surface area (Å²) in [7, 11) is -7.05. The second-order valence-electron chi connectivity index (χ2n) is 5.01. The van der Waals surface area contributed by atoms with Gasteiger partial charge in [0.2, 0.25) is 20.0 Å². The zero-order valence-electron chi connectivity index (χ0n) is 11.6. The molecule has 1 aromatic rings. The van der Waals surface area contributed by atoms with Crippen LogP contribution in [0.4, 0.5) is 5.82 Å². The van der Waals surface area contributed by atoms with Crippen molar-refractivity contribution >= 4 is 25.9 Å². The van der Waals surface area contributed by atoms with Gasteiger partial charge in [0.1, 0.15) is 10.7 Å². The van der Waals surface area contributed by atoms with Crippen molar-refractivity contribution in [2.24, 2.45) is 0 Å². The van der Waals surface area contributed by atoms with Gasteiger partial charge in [0, 0.05) is 25.3 Å². The van der Waals surface area contributed by atoms with Crippen LogP contribution in [0.1, 0.15) is 12.8 Å². The predicted molar refractivity (Wildman–Crippen MR) is 78.4 cm³/mol. The molecule has 10 heteroatoms. The highest BCUT2D eigenvalue weighted by atomic mass is 32.2. The average molecular weight is 334 g/mol. The molecular weight excluding hydrogens is 316 g/mol. The Morgan fingerprint density at radius 3 is 2.62 bits per heavy atom. The number of nitrogens with one attached hydrogen (secondary N) is 1. The lowest BCUT2D eigenvalue weighted by Crippen LogP contribution is -2.49. The van der Waals surface area contributed by atoms with Gasteiger partial charge < -0.3 is 5.73 Å². The number of nitrogens with two attached hydrogens (primary N) is 1. The number of rotatable bonds is 4. The van der Waals surface area contributed by atoms with E-state index in [-0.39, 0.29) is 17.3 Å². The van der Waals surface area contributed by atoms with Crippen molar-refractivity contribution in [2.45, 2.75) is 23.8 Å². The number of aromatic nitrogens is 1. The first-order valence-electron chi connectivity index (χ1n) is 6.37. The molecule has 2 rings (SSSR count). The molecular formula is C11H18N4O4S2. The Balaban J connectivity index is 2.18. The normalized spacial score (nSPS) is 21.3. The first-order chi connectivity index (χ1) is 9.68. The van der Waals surface area contributed by atoms with E-state index in [1.54, 1.807) is 0 Å². The van der Waals surface area contributed by atoms with Gasteiger partial charge in [-0.05, 0) is 25.0 Å². The summed E-state index contributed by atoms with van der Waals surface area (Å²) in [6, 6.07) is 2.40. The van der Waals surface area contributed by atoms with Gasteiger partial charge in [0.05, 0.1) is 6.26 Å². The van der Waals surface area contributed by atoms with Crippen LogP contribution in [0, 0.1) is 0 Å². The first kappa shape index (κ1) is 16.1. The molecule has 8 nitrogen and oxygen atoms in total. The highest BCUT2D eigenvalue weighted by molar-refractivity contribution is 7.89. The molecule has 1 atom stereocenters.